The number of aliphatic hydroxyl groups excluding tert-OH is 2. The first-order chi connectivity index (χ1) is 19.6. The zero-order chi connectivity index (χ0) is 31.5. The molecule has 2 aliphatic rings. The Morgan fingerprint density at radius 1 is 0.667 bits per heavy atom. The van der Waals surface area contributed by atoms with Crippen LogP contribution in [0.25, 0.3) is 0 Å². The minimum Gasteiger partial charge on any atom is -0.393 e. The SMILES string of the molecule is CC1=C(/C=C/C(C)=C/CC/C(C)=C/C=C/C=C(C)/C=C/C=C(C)/C=C/C2=C(C)C[C@H](O)CC2(C)C)C(C)(C)C[C@H](O)C1. The molecule has 0 saturated heterocycles. The van der Waals surface area contributed by atoms with Crippen LogP contribution in [0.1, 0.15) is 108 Å². The first-order valence-corrected chi connectivity index (χ1v) is 15.8. The van der Waals surface area contributed by atoms with E-state index in [2.05, 4.69) is 142 Å². The molecule has 0 amide bonds. The molecular formula is C40H58O2. The zero-order valence-corrected chi connectivity index (χ0v) is 28.2. The van der Waals surface area contributed by atoms with Gasteiger partial charge in [0.05, 0.1) is 12.2 Å². The lowest BCUT2D eigenvalue weighted by molar-refractivity contribution is 0.116. The van der Waals surface area contributed by atoms with E-state index in [4.69, 9.17) is 0 Å². The van der Waals surface area contributed by atoms with Crippen molar-refractivity contribution in [3.05, 3.63) is 117 Å². The molecule has 0 aliphatic heterocycles. The number of aliphatic hydroxyl groups is 2. The molecule has 2 N–H and O–H groups in total. The Balaban J connectivity index is 1.85. The third-order valence-electron chi connectivity index (χ3n) is 8.55. The summed E-state index contributed by atoms with van der Waals surface area (Å²) in [5.74, 6) is 0. The third-order valence-corrected chi connectivity index (χ3v) is 8.55. The van der Waals surface area contributed by atoms with Gasteiger partial charge in [0.1, 0.15) is 0 Å². The van der Waals surface area contributed by atoms with Gasteiger partial charge in [0, 0.05) is 0 Å². The van der Waals surface area contributed by atoms with E-state index in [0.29, 0.717) is 0 Å². The molecule has 2 nitrogen and oxygen atoms in total. The molecule has 0 bridgehead atoms. The van der Waals surface area contributed by atoms with Crippen molar-refractivity contribution < 1.29 is 10.2 Å². The molecule has 0 fully saturated rings. The van der Waals surface area contributed by atoms with Gasteiger partial charge in [-0.25, -0.2) is 0 Å². The highest BCUT2D eigenvalue weighted by molar-refractivity contribution is 5.38. The molecule has 0 heterocycles. The van der Waals surface area contributed by atoms with E-state index in [1.807, 2.05) is 0 Å². The normalized spacial score (nSPS) is 24.9. The fraction of sp³-hybridized carbons (Fsp3) is 0.500. The summed E-state index contributed by atoms with van der Waals surface area (Å²) in [6.45, 7) is 21.8. The van der Waals surface area contributed by atoms with Gasteiger partial charge in [0.15, 0.2) is 0 Å². The van der Waals surface area contributed by atoms with Crippen LogP contribution in [0.3, 0.4) is 0 Å². The Hall–Kier alpha value is -2.68. The molecule has 0 aromatic rings. The Bertz CT molecular complexity index is 1240. The predicted octanol–water partition coefficient (Wildman–Crippen LogP) is 10.8. The van der Waals surface area contributed by atoms with Crippen LogP contribution < -0.4 is 0 Å². The topological polar surface area (TPSA) is 40.5 Å². The fourth-order valence-corrected chi connectivity index (χ4v) is 6.36. The minimum absolute atomic E-state index is 0.00964. The van der Waals surface area contributed by atoms with Crippen molar-refractivity contribution in [2.24, 2.45) is 10.8 Å². The van der Waals surface area contributed by atoms with Crippen LogP contribution >= 0.6 is 0 Å². The second-order valence-electron chi connectivity index (χ2n) is 14.0. The zero-order valence-electron chi connectivity index (χ0n) is 28.2. The maximum Gasteiger partial charge on any atom is 0.0585 e. The molecule has 0 radical (unpaired) electrons. The van der Waals surface area contributed by atoms with E-state index in [1.165, 1.54) is 44.6 Å². The van der Waals surface area contributed by atoms with Crippen LogP contribution in [0.15, 0.2) is 117 Å². The second-order valence-corrected chi connectivity index (χ2v) is 14.0. The van der Waals surface area contributed by atoms with Crippen LogP contribution in [0.2, 0.25) is 0 Å². The van der Waals surface area contributed by atoms with Crippen molar-refractivity contribution >= 4 is 0 Å². The van der Waals surface area contributed by atoms with Gasteiger partial charge >= 0.3 is 0 Å². The number of hydrogen-bond acceptors (Lipinski definition) is 2. The average molecular weight is 571 g/mol. The Kier molecular flexibility index (Phi) is 13.7. The van der Waals surface area contributed by atoms with E-state index in [9.17, 15) is 10.2 Å². The van der Waals surface area contributed by atoms with Crippen LogP contribution in [-0.2, 0) is 0 Å². The smallest absolute Gasteiger partial charge is 0.0585 e. The monoisotopic (exact) mass is 570 g/mol. The molecule has 0 aromatic carbocycles. The third kappa shape index (κ3) is 11.9. The van der Waals surface area contributed by atoms with Gasteiger partial charge in [-0.1, -0.05) is 134 Å². The van der Waals surface area contributed by atoms with Gasteiger partial charge in [0.2, 0.25) is 0 Å². The number of allylic oxidation sites excluding steroid dienone is 18. The van der Waals surface area contributed by atoms with Crippen molar-refractivity contribution in [1.82, 2.24) is 0 Å². The van der Waals surface area contributed by atoms with Crippen LogP contribution in [0.4, 0.5) is 0 Å². The number of rotatable bonds is 11. The highest BCUT2D eigenvalue weighted by Gasteiger charge is 2.32. The van der Waals surface area contributed by atoms with Gasteiger partial charge in [-0.15, -0.1) is 0 Å². The molecule has 230 valence electrons. The first-order valence-electron chi connectivity index (χ1n) is 15.8. The number of hydrogen-bond donors (Lipinski definition) is 2. The summed E-state index contributed by atoms with van der Waals surface area (Å²) >= 11 is 0. The predicted molar refractivity (Wildman–Crippen MR) is 184 cm³/mol. The molecule has 0 aromatic heterocycles. The summed E-state index contributed by atoms with van der Waals surface area (Å²) in [7, 11) is 0. The van der Waals surface area contributed by atoms with E-state index in [0.717, 1.165) is 38.5 Å². The van der Waals surface area contributed by atoms with Crippen molar-refractivity contribution in [3.8, 4) is 0 Å². The average Bonchev–Trinajstić information content (AvgIpc) is 2.84. The lowest BCUT2D eigenvalue weighted by atomic mass is 9.71. The molecule has 0 spiro atoms. The van der Waals surface area contributed by atoms with Crippen LogP contribution in [-0.4, -0.2) is 22.4 Å². The van der Waals surface area contributed by atoms with Gasteiger partial charge in [-0.3, -0.25) is 0 Å². The lowest BCUT2D eigenvalue weighted by Crippen LogP contribution is -2.28. The molecule has 2 heteroatoms. The summed E-state index contributed by atoms with van der Waals surface area (Å²) in [6.07, 6.45) is 31.0. The van der Waals surface area contributed by atoms with Gasteiger partial charge in [-0.2, -0.15) is 0 Å². The lowest BCUT2D eigenvalue weighted by Gasteiger charge is -2.35. The van der Waals surface area contributed by atoms with Crippen LogP contribution in [0, 0.1) is 10.8 Å². The molecule has 0 saturated carbocycles. The Labute approximate surface area is 258 Å². The van der Waals surface area contributed by atoms with Crippen molar-refractivity contribution in [2.75, 3.05) is 0 Å². The van der Waals surface area contributed by atoms with E-state index < -0.39 is 0 Å². The summed E-state index contributed by atoms with van der Waals surface area (Å²) in [5.41, 5.74) is 10.4. The first kappa shape index (κ1) is 35.5. The Morgan fingerprint density at radius 2 is 1.12 bits per heavy atom. The summed E-state index contributed by atoms with van der Waals surface area (Å²) in [4.78, 5) is 0. The maximum absolute atomic E-state index is 10.1. The van der Waals surface area contributed by atoms with Crippen molar-refractivity contribution in [3.63, 3.8) is 0 Å². The fourth-order valence-electron chi connectivity index (χ4n) is 6.36. The van der Waals surface area contributed by atoms with E-state index in [1.54, 1.807) is 0 Å². The molecular weight excluding hydrogens is 512 g/mol. The highest BCUT2D eigenvalue weighted by Crippen LogP contribution is 2.42. The van der Waals surface area contributed by atoms with Gasteiger partial charge < -0.3 is 10.2 Å². The van der Waals surface area contributed by atoms with Crippen molar-refractivity contribution in [2.45, 2.75) is 120 Å². The summed E-state index contributed by atoms with van der Waals surface area (Å²) in [6, 6.07) is 0. The standard InChI is InChI=1S/C40H58O2/c1-29(17-13-19-31(3)21-23-37-33(5)25-35(41)27-39(37,7)8)15-11-12-16-30(2)18-14-20-32(4)22-24-38-34(6)26-36(42)28-40(38,9)10/h11-13,15-17,19-24,35-36,41-42H,14,18,25-28H2,1-10H3/b12-11+,17-13+,23-21+,24-22+,29-15+,30-16+,31-19+,32-20+/t35-,36+/m0/s1. The van der Waals surface area contributed by atoms with E-state index in [-0.39, 0.29) is 23.0 Å². The Morgan fingerprint density at radius 3 is 1.64 bits per heavy atom. The highest BCUT2D eigenvalue weighted by atomic mass is 16.3. The van der Waals surface area contributed by atoms with Crippen molar-refractivity contribution in [1.29, 1.82) is 0 Å². The van der Waals surface area contributed by atoms with Gasteiger partial charge in [-0.05, 0) is 102 Å². The molecule has 2 rings (SSSR count). The van der Waals surface area contributed by atoms with Crippen LogP contribution in [0.5, 0.6) is 0 Å². The van der Waals surface area contributed by atoms with E-state index >= 15 is 0 Å². The molecule has 0 unspecified atom stereocenters. The summed E-state index contributed by atoms with van der Waals surface area (Å²) < 4.78 is 0. The quantitative estimate of drug-likeness (QED) is 0.243. The van der Waals surface area contributed by atoms with Gasteiger partial charge in [0.25, 0.3) is 0 Å². The maximum atomic E-state index is 10.1. The molecule has 42 heavy (non-hydrogen) atoms. The summed E-state index contributed by atoms with van der Waals surface area (Å²) in [5, 5.41) is 20.2. The minimum atomic E-state index is -0.223. The largest absolute Gasteiger partial charge is 0.393 e. The molecule has 2 atom stereocenters. The molecule has 2 aliphatic carbocycles. The second kappa shape index (κ2) is 16.2.